The Kier molecular flexibility index (Phi) is 8.10. The van der Waals surface area contributed by atoms with Gasteiger partial charge in [-0.2, -0.15) is 0 Å². The van der Waals surface area contributed by atoms with Gasteiger partial charge in [0.15, 0.2) is 0 Å². The van der Waals surface area contributed by atoms with Crippen molar-refractivity contribution in [2.75, 3.05) is 19.6 Å². The quantitative estimate of drug-likeness (QED) is 0.437. The first kappa shape index (κ1) is 18.8. The lowest BCUT2D eigenvalue weighted by Crippen LogP contribution is -2.68. The maximum absolute atomic E-state index is 10.2. The smallest absolute Gasteiger partial charge is 0.430 e. The van der Waals surface area contributed by atoms with Gasteiger partial charge < -0.3 is 9.84 Å². The fourth-order valence-corrected chi connectivity index (χ4v) is 3.30. The predicted molar refractivity (Wildman–Crippen MR) is 98.8 cm³/mol. The fourth-order valence-electron chi connectivity index (χ4n) is 3.30. The third-order valence-corrected chi connectivity index (χ3v) is 4.59. The van der Waals surface area contributed by atoms with E-state index in [0.29, 0.717) is 0 Å². The van der Waals surface area contributed by atoms with Crippen LogP contribution in [0.3, 0.4) is 0 Å². The predicted octanol–water partition coefficient (Wildman–Crippen LogP) is 2.94. The molecule has 2 rings (SSSR count). The highest BCUT2D eigenvalue weighted by Crippen LogP contribution is 2.13. The summed E-state index contributed by atoms with van der Waals surface area (Å²) in [5, 5.41) is 10.2. The number of rotatable bonds is 8. The average molecular weight is 333 g/mol. The van der Waals surface area contributed by atoms with E-state index >= 15 is 0 Å². The number of aliphatic hydroxyl groups is 1. The number of likely N-dealkylation sites (tertiary alicyclic amines) is 1. The minimum atomic E-state index is -0.0950. The Bertz CT molecular complexity index is 510. The summed E-state index contributed by atoms with van der Waals surface area (Å²) in [6.45, 7) is 7.37. The minimum Gasteiger partial charge on any atom is -0.430 e. The summed E-state index contributed by atoms with van der Waals surface area (Å²) in [6, 6.07) is 8.14. The molecule has 1 heterocycles. The number of aliphatic hydroxyl groups excluding tert-OH is 1. The number of benzene rings is 1. The molecule has 1 aliphatic rings. The van der Waals surface area contributed by atoms with Crippen LogP contribution in [0, 0.1) is 0 Å². The van der Waals surface area contributed by atoms with Crippen molar-refractivity contribution < 1.29 is 14.8 Å². The van der Waals surface area contributed by atoms with E-state index in [4.69, 9.17) is 4.74 Å². The zero-order valence-corrected chi connectivity index (χ0v) is 15.3. The molecule has 1 aromatic rings. The SMILES string of the molecule is CCCCCc1ccccc1[NH+]=C(O)O[C@H](C)CN1CCCCC1. The summed E-state index contributed by atoms with van der Waals surface area (Å²) in [5.74, 6) is 0. The lowest BCUT2D eigenvalue weighted by molar-refractivity contribution is -0.384. The molecule has 4 heteroatoms. The minimum absolute atomic E-state index is 0.0251. The summed E-state index contributed by atoms with van der Waals surface area (Å²) in [6.07, 6.45) is 8.38. The van der Waals surface area contributed by atoms with Crippen LogP contribution >= 0.6 is 0 Å². The topological polar surface area (TPSA) is 46.7 Å². The van der Waals surface area contributed by atoms with Crippen LogP contribution < -0.4 is 4.99 Å². The zero-order valence-electron chi connectivity index (χ0n) is 15.3. The monoisotopic (exact) mass is 333 g/mol. The molecule has 1 aromatic carbocycles. The van der Waals surface area contributed by atoms with Gasteiger partial charge in [0, 0.05) is 18.2 Å². The lowest BCUT2D eigenvalue weighted by atomic mass is 10.1. The summed E-state index contributed by atoms with van der Waals surface area (Å²) in [5.41, 5.74) is 2.17. The highest BCUT2D eigenvalue weighted by Gasteiger charge is 2.18. The third kappa shape index (κ3) is 6.52. The first-order valence-corrected chi connectivity index (χ1v) is 9.49. The van der Waals surface area contributed by atoms with E-state index in [1.807, 2.05) is 25.1 Å². The van der Waals surface area contributed by atoms with E-state index in [1.165, 1.54) is 44.1 Å². The Hall–Kier alpha value is -1.55. The highest BCUT2D eigenvalue weighted by molar-refractivity contribution is 5.59. The van der Waals surface area contributed by atoms with Gasteiger partial charge in [-0.1, -0.05) is 44.4 Å². The van der Waals surface area contributed by atoms with Gasteiger partial charge in [0.1, 0.15) is 6.10 Å². The summed E-state index contributed by atoms with van der Waals surface area (Å²) in [7, 11) is 0. The molecule has 1 atom stereocenters. The molecule has 0 bridgehead atoms. The number of para-hydroxylation sites is 1. The molecule has 134 valence electrons. The van der Waals surface area contributed by atoms with E-state index < -0.39 is 0 Å². The number of nitrogens with one attached hydrogen (secondary N) is 1. The number of aryl methyl sites for hydroxylation is 1. The molecule has 1 saturated heterocycles. The zero-order chi connectivity index (χ0) is 17.2. The second kappa shape index (κ2) is 10.3. The molecule has 0 amide bonds. The van der Waals surface area contributed by atoms with Crippen molar-refractivity contribution in [3.05, 3.63) is 29.8 Å². The molecule has 0 spiro atoms. The van der Waals surface area contributed by atoms with E-state index in [-0.39, 0.29) is 12.2 Å². The van der Waals surface area contributed by atoms with Crippen LogP contribution in [0.1, 0.15) is 57.9 Å². The normalized spacial score (nSPS) is 17.7. The van der Waals surface area contributed by atoms with Gasteiger partial charge >= 0.3 is 6.08 Å². The number of hydrogen-bond donors (Lipinski definition) is 2. The van der Waals surface area contributed by atoms with Gasteiger partial charge in [0.25, 0.3) is 0 Å². The molecule has 4 nitrogen and oxygen atoms in total. The first-order chi connectivity index (χ1) is 11.7. The Morgan fingerprint density at radius 2 is 1.96 bits per heavy atom. The molecule has 2 N–H and O–H groups in total. The van der Waals surface area contributed by atoms with Crippen LogP contribution in [-0.2, 0) is 11.2 Å². The van der Waals surface area contributed by atoms with Crippen molar-refractivity contribution in [1.29, 1.82) is 0 Å². The van der Waals surface area contributed by atoms with Crippen molar-refractivity contribution in [3.63, 3.8) is 0 Å². The first-order valence-electron chi connectivity index (χ1n) is 9.49. The lowest BCUT2D eigenvalue weighted by Gasteiger charge is -2.28. The van der Waals surface area contributed by atoms with E-state index in [0.717, 1.165) is 31.7 Å². The number of piperidine rings is 1. The Morgan fingerprint density at radius 1 is 1.21 bits per heavy atom. The summed E-state index contributed by atoms with van der Waals surface area (Å²) in [4.78, 5) is 5.45. The van der Waals surface area contributed by atoms with E-state index in [2.05, 4.69) is 22.9 Å². The molecule has 0 unspecified atom stereocenters. The van der Waals surface area contributed by atoms with Crippen molar-refractivity contribution in [2.45, 2.75) is 64.9 Å². The molecule has 1 fully saturated rings. The largest absolute Gasteiger partial charge is 0.551 e. The maximum atomic E-state index is 10.2. The second-order valence-electron chi connectivity index (χ2n) is 6.83. The molecule has 0 aromatic heterocycles. The maximum Gasteiger partial charge on any atom is 0.551 e. The molecule has 0 radical (unpaired) electrons. The van der Waals surface area contributed by atoms with Crippen molar-refractivity contribution >= 4 is 11.8 Å². The van der Waals surface area contributed by atoms with Crippen molar-refractivity contribution in [2.24, 2.45) is 0 Å². The van der Waals surface area contributed by atoms with Gasteiger partial charge in [0.05, 0.1) is 0 Å². The number of hydrogen-bond acceptors (Lipinski definition) is 2. The van der Waals surface area contributed by atoms with Crippen LogP contribution in [0.5, 0.6) is 0 Å². The fraction of sp³-hybridized carbons (Fsp3) is 0.650. The number of unbranched alkanes of at least 4 members (excludes halogenated alkanes) is 2. The van der Waals surface area contributed by atoms with Gasteiger partial charge in [-0.3, -0.25) is 4.90 Å². The summed E-state index contributed by atoms with van der Waals surface area (Å²) < 4.78 is 5.66. The second-order valence-corrected chi connectivity index (χ2v) is 6.83. The molecule has 1 aliphatic heterocycles. The number of ether oxygens (including phenoxy) is 1. The molecular formula is C20H33N2O2+. The molecule has 0 aliphatic carbocycles. The van der Waals surface area contributed by atoms with Crippen LogP contribution in [-0.4, -0.2) is 41.8 Å². The van der Waals surface area contributed by atoms with Crippen LogP contribution in [0.25, 0.3) is 0 Å². The third-order valence-electron chi connectivity index (χ3n) is 4.59. The van der Waals surface area contributed by atoms with Crippen LogP contribution in [0.4, 0.5) is 5.69 Å². The van der Waals surface area contributed by atoms with Gasteiger partial charge in [-0.15, -0.1) is 4.99 Å². The van der Waals surface area contributed by atoms with Crippen LogP contribution in [0.2, 0.25) is 0 Å². The van der Waals surface area contributed by atoms with E-state index in [1.54, 1.807) is 0 Å². The average Bonchev–Trinajstić information content (AvgIpc) is 2.57. The highest BCUT2D eigenvalue weighted by atomic mass is 16.6. The van der Waals surface area contributed by atoms with Gasteiger partial charge in [-0.25, -0.2) is 0 Å². The Balaban J connectivity index is 1.89. The van der Waals surface area contributed by atoms with Gasteiger partial charge in [-0.05, 0) is 45.7 Å². The van der Waals surface area contributed by atoms with Crippen molar-refractivity contribution in [1.82, 2.24) is 4.90 Å². The van der Waals surface area contributed by atoms with E-state index in [9.17, 15) is 5.11 Å². The standard InChI is InChI=1S/C20H32N2O2/c1-3-4-6-11-18-12-7-8-13-19(18)21-20(23)24-17(2)16-22-14-9-5-10-15-22/h7-8,12-13,17H,3-6,9-11,14-16H2,1-2H3,(H,21,23)/p+1/t17-/m1/s1. The molecule has 0 saturated carbocycles. The summed E-state index contributed by atoms with van der Waals surface area (Å²) >= 11 is 0. The molecule has 24 heavy (non-hydrogen) atoms. The van der Waals surface area contributed by atoms with Crippen molar-refractivity contribution in [3.8, 4) is 0 Å². The number of nitrogens with zero attached hydrogens (tertiary/aromatic N) is 1. The Morgan fingerprint density at radius 3 is 2.71 bits per heavy atom. The Labute approximate surface area is 146 Å². The van der Waals surface area contributed by atoms with Crippen LogP contribution in [0.15, 0.2) is 24.3 Å². The molecular weight excluding hydrogens is 300 g/mol. The van der Waals surface area contributed by atoms with Gasteiger partial charge in [0.2, 0.25) is 5.69 Å².